The van der Waals surface area contributed by atoms with Gasteiger partial charge in [0.15, 0.2) is 0 Å². The molecule has 2 heterocycles. The first-order valence-electron chi connectivity index (χ1n) is 12.1. The van der Waals surface area contributed by atoms with Crippen molar-refractivity contribution in [3.8, 4) is 11.5 Å². The van der Waals surface area contributed by atoms with Gasteiger partial charge in [0, 0.05) is 11.8 Å². The van der Waals surface area contributed by atoms with Crippen LogP contribution in [-0.4, -0.2) is 35.6 Å². The van der Waals surface area contributed by atoms with E-state index < -0.39 is 11.9 Å². The minimum Gasteiger partial charge on any atom is -0.497 e. The Hall–Kier alpha value is -4.18. The summed E-state index contributed by atoms with van der Waals surface area (Å²) < 4.78 is 11.9. The summed E-state index contributed by atoms with van der Waals surface area (Å²) in [5.74, 6) is 0.305. The predicted octanol–water partition coefficient (Wildman–Crippen LogP) is 5.24. The number of hydrogen-bond acceptors (Lipinski definition) is 7. The summed E-state index contributed by atoms with van der Waals surface area (Å²) in [6.07, 6.45) is 1.71. The lowest BCUT2D eigenvalue weighted by atomic mass is 10.1. The minimum absolute atomic E-state index is 0.307. The Kier molecular flexibility index (Phi) is 7.82. The molecule has 0 radical (unpaired) electrons. The maximum Gasteiger partial charge on any atom is 0.266 e. The molecule has 0 aliphatic heterocycles. The second-order valence-corrected chi connectivity index (χ2v) is 9.94. The highest BCUT2D eigenvalue weighted by molar-refractivity contribution is 7.20. The van der Waals surface area contributed by atoms with Crippen LogP contribution in [0, 0.1) is 20.8 Å². The minimum atomic E-state index is -0.831. The lowest BCUT2D eigenvalue weighted by Gasteiger charge is -2.19. The first kappa shape index (κ1) is 26.9. The first-order valence-corrected chi connectivity index (χ1v) is 12.9. The van der Waals surface area contributed by atoms with Crippen LogP contribution < -0.4 is 25.7 Å². The molecule has 0 spiro atoms. The number of aryl methyl sites for hydroxylation is 3. The number of carbonyl (C=O) groups is 2. The molecule has 9 nitrogen and oxygen atoms in total. The molecule has 0 aliphatic rings. The van der Waals surface area contributed by atoms with Gasteiger partial charge in [0.1, 0.15) is 22.4 Å². The molecule has 2 aromatic heterocycles. The van der Waals surface area contributed by atoms with E-state index in [9.17, 15) is 14.4 Å². The average Bonchev–Trinajstić information content (AvgIpc) is 3.24. The molecule has 2 amide bonds. The lowest BCUT2D eigenvalue weighted by Crippen LogP contribution is -2.33. The van der Waals surface area contributed by atoms with Crippen molar-refractivity contribution in [2.24, 2.45) is 0 Å². The van der Waals surface area contributed by atoms with Gasteiger partial charge in [0.25, 0.3) is 11.5 Å². The fraction of sp³-hybridized carbons (Fsp3) is 0.286. The highest BCUT2D eigenvalue weighted by Crippen LogP contribution is 2.31. The van der Waals surface area contributed by atoms with E-state index in [0.29, 0.717) is 50.0 Å². The molecule has 0 aliphatic carbocycles. The Morgan fingerprint density at radius 2 is 1.79 bits per heavy atom. The predicted molar refractivity (Wildman–Crippen MR) is 150 cm³/mol. The van der Waals surface area contributed by atoms with Crippen LogP contribution in [0.3, 0.4) is 0 Å². The topological polar surface area (TPSA) is 112 Å². The van der Waals surface area contributed by atoms with Crippen molar-refractivity contribution in [3.05, 3.63) is 74.6 Å². The molecule has 198 valence electrons. The molecule has 0 saturated carbocycles. The zero-order valence-electron chi connectivity index (χ0n) is 22.2. The lowest BCUT2D eigenvalue weighted by molar-refractivity contribution is -0.119. The number of carbonyl (C=O) groups excluding carboxylic acids is 2. The van der Waals surface area contributed by atoms with E-state index in [1.54, 1.807) is 25.1 Å². The number of benzene rings is 2. The second kappa shape index (κ2) is 11.1. The van der Waals surface area contributed by atoms with Gasteiger partial charge < -0.3 is 20.1 Å². The molecule has 1 unspecified atom stereocenters. The third-order valence-electron chi connectivity index (χ3n) is 6.40. The molecule has 38 heavy (non-hydrogen) atoms. The van der Waals surface area contributed by atoms with E-state index in [0.717, 1.165) is 22.5 Å². The van der Waals surface area contributed by atoms with Gasteiger partial charge in [-0.25, -0.2) is 4.98 Å². The molecule has 1 atom stereocenters. The van der Waals surface area contributed by atoms with Crippen molar-refractivity contribution in [2.75, 3.05) is 24.9 Å². The molecule has 2 aromatic carbocycles. The van der Waals surface area contributed by atoms with Crippen molar-refractivity contribution < 1.29 is 19.1 Å². The van der Waals surface area contributed by atoms with Crippen LogP contribution >= 0.6 is 11.3 Å². The first-order chi connectivity index (χ1) is 18.2. The van der Waals surface area contributed by atoms with Crippen molar-refractivity contribution in [1.82, 2.24) is 9.55 Å². The summed E-state index contributed by atoms with van der Waals surface area (Å²) >= 11 is 1.16. The Balaban J connectivity index is 1.66. The van der Waals surface area contributed by atoms with Crippen LogP contribution in [0.5, 0.6) is 11.5 Å². The fourth-order valence-electron chi connectivity index (χ4n) is 4.34. The second-order valence-electron chi connectivity index (χ2n) is 8.95. The molecule has 2 N–H and O–H groups in total. The zero-order valence-corrected chi connectivity index (χ0v) is 23.0. The largest absolute Gasteiger partial charge is 0.497 e. The van der Waals surface area contributed by atoms with Gasteiger partial charge in [-0.15, -0.1) is 11.3 Å². The third kappa shape index (κ3) is 5.12. The number of methoxy groups -OCH3 is 2. The number of aromatic nitrogens is 2. The summed E-state index contributed by atoms with van der Waals surface area (Å²) in [7, 11) is 3.03. The van der Waals surface area contributed by atoms with Crippen LogP contribution in [0.4, 0.5) is 11.4 Å². The number of nitrogens with zero attached hydrogens (tertiary/aromatic N) is 2. The quantitative estimate of drug-likeness (QED) is 0.320. The van der Waals surface area contributed by atoms with E-state index in [4.69, 9.17) is 9.47 Å². The van der Waals surface area contributed by atoms with Crippen molar-refractivity contribution >= 4 is 44.7 Å². The van der Waals surface area contributed by atoms with E-state index in [-0.39, 0.29) is 11.5 Å². The number of anilines is 2. The Bertz CT molecular complexity index is 1590. The highest BCUT2D eigenvalue weighted by atomic mass is 32.1. The van der Waals surface area contributed by atoms with Crippen molar-refractivity contribution in [1.29, 1.82) is 0 Å². The highest BCUT2D eigenvalue weighted by Gasteiger charge is 2.25. The molecular weight excluding hydrogens is 504 g/mol. The average molecular weight is 535 g/mol. The summed E-state index contributed by atoms with van der Waals surface area (Å²) in [5, 5.41) is 6.11. The van der Waals surface area contributed by atoms with E-state index >= 15 is 0 Å². The van der Waals surface area contributed by atoms with Gasteiger partial charge in [-0.2, -0.15) is 0 Å². The van der Waals surface area contributed by atoms with Gasteiger partial charge in [0.2, 0.25) is 5.91 Å². The number of rotatable bonds is 8. The van der Waals surface area contributed by atoms with Gasteiger partial charge >= 0.3 is 0 Å². The van der Waals surface area contributed by atoms with Gasteiger partial charge in [-0.1, -0.05) is 24.6 Å². The Morgan fingerprint density at radius 3 is 2.45 bits per heavy atom. The molecule has 0 fully saturated rings. The van der Waals surface area contributed by atoms with E-state index in [2.05, 4.69) is 15.6 Å². The zero-order chi connectivity index (χ0) is 27.6. The monoisotopic (exact) mass is 534 g/mol. The van der Waals surface area contributed by atoms with Gasteiger partial charge in [-0.3, -0.25) is 19.0 Å². The molecule has 10 heteroatoms. The molecule has 0 saturated heterocycles. The molecule has 4 rings (SSSR count). The van der Waals surface area contributed by atoms with Crippen molar-refractivity contribution in [2.45, 2.75) is 40.2 Å². The molecule has 0 bridgehead atoms. The summed E-state index contributed by atoms with van der Waals surface area (Å²) in [6.45, 7) is 7.46. The number of nitrogens with one attached hydrogen (secondary N) is 2. The summed E-state index contributed by atoms with van der Waals surface area (Å²) in [6, 6.07) is 10.0. The van der Waals surface area contributed by atoms with Gasteiger partial charge in [0.05, 0.1) is 36.5 Å². The van der Waals surface area contributed by atoms with Crippen LogP contribution in [0.15, 0.2) is 47.5 Å². The van der Waals surface area contributed by atoms with Crippen molar-refractivity contribution in [3.63, 3.8) is 0 Å². The number of ether oxygens (including phenoxy) is 2. The van der Waals surface area contributed by atoms with Crippen LogP contribution in [0.2, 0.25) is 0 Å². The number of hydrogen-bond donors (Lipinski definition) is 2. The Morgan fingerprint density at radius 1 is 1.03 bits per heavy atom. The fourth-order valence-corrected chi connectivity index (χ4v) is 5.38. The normalized spacial score (nSPS) is 11.7. The molecular formula is C28H30N4O5S. The van der Waals surface area contributed by atoms with Gasteiger partial charge in [-0.05, 0) is 56.5 Å². The maximum atomic E-state index is 13.6. The summed E-state index contributed by atoms with van der Waals surface area (Å²) in [5.41, 5.74) is 3.33. The number of fused-ring (bicyclic) bond motifs is 1. The Labute approximate surface area is 224 Å². The summed E-state index contributed by atoms with van der Waals surface area (Å²) in [4.78, 5) is 45.3. The smallest absolute Gasteiger partial charge is 0.266 e. The van der Waals surface area contributed by atoms with Crippen LogP contribution in [-0.2, 0) is 4.79 Å². The maximum absolute atomic E-state index is 13.6. The SMILES string of the molecule is CCC(C(=O)Nc1cc(OC)ccc1OC)n1cnc2sc(C(=O)Nc3ccc(C)cc3C)c(C)c2c1=O. The number of amides is 2. The number of thiophene rings is 1. The third-order valence-corrected chi connectivity index (χ3v) is 7.60. The van der Waals surface area contributed by atoms with E-state index in [1.165, 1.54) is 25.1 Å². The standard InChI is InChI=1S/C28H30N4O5S/c1-7-21(25(33)31-20-13-18(36-5)9-11-22(20)37-6)32-14-29-27-23(28(32)35)17(4)24(38-27)26(34)30-19-10-8-15(2)12-16(19)3/h8-14,21H,7H2,1-6H3,(H,30,34)(H,31,33). The van der Waals surface area contributed by atoms with Crippen LogP contribution in [0.1, 0.15) is 45.7 Å². The molecule has 4 aromatic rings. The van der Waals surface area contributed by atoms with E-state index in [1.807, 2.05) is 39.0 Å². The van der Waals surface area contributed by atoms with Crippen LogP contribution in [0.25, 0.3) is 10.2 Å².